The lowest BCUT2D eigenvalue weighted by atomic mass is 10.1. The minimum atomic E-state index is -3.61. The quantitative estimate of drug-likeness (QED) is 0.908. The largest absolute Gasteiger partial charge is 0.348 e. The molecule has 0 saturated heterocycles. The molecule has 1 aliphatic rings. The van der Waals surface area contributed by atoms with Crippen LogP contribution in [-0.4, -0.2) is 14.3 Å². The lowest BCUT2D eigenvalue weighted by Crippen LogP contribution is -2.37. The predicted octanol–water partition coefficient (Wildman–Crippen LogP) is 1.90. The molecule has 2 aromatic rings. The Balaban J connectivity index is 1.83. The van der Waals surface area contributed by atoms with Crippen LogP contribution in [0, 0.1) is 0 Å². The van der Waals surface area contributed by atoms with E-state index in [4.69, 9.17) is 0 Å². The van der Waals surface area contributed by atoms with Gasteiger partial charge in [-0.2, -0.15) is 4.72 Å². The van der Waals surface area contributed by atoms with Crippen molar-refractivity contribution >= 4 is 15.9 Å². The van der Waals surface area contributed by atoms with Gasteiger partial charge < -0.3 is 5.32 Å². The Morgan fingerprint density at radius 3 is 2.45 bits per heavy atom. The molecule has 0 aliphatic carbocycles. The monoisotopic (exact) mass is 316 g/mol. The van der Waals surface area contributed by atoms with E-state index < -0.39 is 16.1 Å². The van der Waals surface area contributed by atoms with Gasteiger partial charge in [0.25, 0.3) is 0 Å². The van der Waals surface area contributed by atoms with Crippen molar-refractivity contribution in [2.24, 2.45) is 0 Å². The van der Waals surface area contributed by atoms with Crippen LogP contribution in [0.5, 0.6) is 0 Å². The smallest absolute Gasteiger partial charge is 0.243 e. The van der Waals surface area contributed by atoms with Gasteiger partial charge in [0.15, 0.2) is 0 Å². The molecule has 1 amide bonds. The number of hydrogen-bond acceptors (Lipinski definition) is 3. The average Bonchev–Trinajstić information content (AvgIpc) is 2.80. The molecular weight excluding hydrogens is 300 g/mol. The zero-order valence-corrected chi connectivity index (χ0v) is 12.8. The van der Waals surface area contributed by atoms with E-state index in [2.05, 4.69) is 10.0 Å². The first-order valence-corrected chi connectivity index (χ1v) is 8.44. The summed E-state index contributed by atoms with van der Waals surface area (Å²) in [5.74, 6) is -0.357. The van der Waals surface area contributed by atoms with Crippen LogP contribution in [0.1, 0.15) is 30.1 Å². The summed E-state index contributed by atoms with van der Waals surface area (Å²) < 4.78 is 26.5. The number of sulfonamides is 1. The summed E-state index contributed by atoms with van der Waals surface area (Å²) >= 11 is 0. The van der Waals surface area contributed by atoms with Gasteiger partial charge in [-0.25, -0.2) is 8.42 Å². The predicted molar refractivity (Wildman–Crippen MR) is 82.5 cm³/mol. The van der Waals surface area contributed by atoms with Crippen molar-refractivity contribution in [3.05, 3.63) is 65.7 Å². The van der Waals surface area contributed by atoms with Gasteiger partial charge >= 0.3 is 0 Å². The summed E-state index contributed by atoms with van der Waals surface area (Å²) in [5, 5.41) is 2.85. The second-order valence-corrected chi connectivity index (χ2v) is 6.92. The van der Waals surface area contributed by atoms with Crippen LogP contribution in [-0.2, 0) is 14.8 Å². The number of rotatable bonds is 3. The minimum Gasteiger partial charge on any atom is -0.348 e. The van der Waals surface area contributed by atoms with E-state index in [1.165, 1.54) is 6.07 Å². The lowest BCUT2D eigenvalue weighted by molar-refractivity contribution is -0.123. The second kappa shape index (κ2) is 5.55. The fourth-order valence-corrected chi connectivity index (χ4v) is 3.99. The molecular formula is C16H16N2O3S. The number of nitrogens with one attached hydrogen (secondary N) is 2. The molecule has 1 heterocycles. The topological polar surface area (TPSA) is 75.3 Å². The summed E-state index contributed by atoms with van der Waals surface area (Å²) in [6.45, 7) is 1.86. The maximum absolute atomic E-state index is 12.4. The van der Waals surface area contributed by atoms with Crippen molar-refractivity contribution in [1.29, 1.82) is 0 Å². The number of hydrogen-bond donors (Lipinski definition) is 2. The third-order valence-electron chi connectivity index (χ3n) is 3.71. The molecule has 0 fully saturated rings. The zero-order chi connectivity index (χ0) is 15.7. The molecule has 5 nitrogen and oxygen atoms in total. The highest BCUT2D eigenvalue weighted by molar-refractivity contribution is 7.89. The van der Waals surface area contributed by atoms with Crippen molar-refractivity contribution in [2.45, 2.75) is 23.9 Å². The summed E-state index contributed by atoms with van der Waals surface area (Å²) in [6, 6.07) is 15.0. The summed E-state index contributed by atoms with van der Waals surface area (Å²) in [4.78, 5) is 12.6. The molecule has 2 aromatic carbocycles. The fraction of sp³-hybridized carbons (Fsp3) is 0.188. The molecule has 0 spiro atoms. The van der Waals surface area contributed by atoms with Gasteiger partial charge in [0, 0.05) is 0 Å². The Kier molecular flexibility index (Phi) is 3.72. The molecule has 1 aliphatic heterocycles. The molecule has 0 bridgehead atoms. The van der Waals surface area contributed by atoms with E-state index in [9.17, 15) is 13.2 Å². The van der Waals surface area contributed by atoms with Crippen LogP contribution in [0.3, 0.4) is 0 Å². The van der Waals surface area contributed by atoms with Crippen molar-refractivity contribution in [3.63, 3.8) is 0 Å². The molecule has 0 aromatic heterocycles. The lowest BCUT2D eigenvalue weighted by Gasteiger charge is -2.17. The molecule has 22 heavy (non-hydrogen) atoms. The summed E-state index contributed by atoms with van der Waals surface area (Å²) in [7, 11) is -3.61. The highest BCUT2D eigenvalue weighted by atomic mass is 32.2. The first-order chi connectivity index (χ1) is 10.5. The first-order valence-electron chi connectivity index (χ1n) is 6.95. The Hall–Kier alpha value is -2.18. The molecule has 2 atom stereocenters. The van der Waals surface area contributed by atoms with Crippen LogP contribution in [0.15, 0.2) is 59.5 Å². The number of benzene rings is 2. The van der Waals surface area contributed by atoms with Crippen LogP contribution >= 0.6 is 0 Å². The molecule has 3 rings (SSSR count). The van der Waals surface area contributed by atoms with E-state index in [1.54, 1.807) is 18.2 Å². The minimum absolute atomic E-state index is 0.169. The maximum Gasteiger partial charge on any atom is 0.243 e. The van der Waals surface area contributed by atoms with Crippen LogP contribution in [0.25, 0.3) is 0 Å². The van der Waals surface area contributed by atoms with Gasteiger partial charge in [-0.1, -0.05) is 48.5 Å². The zero-order valence-electron chi connectivity index (χ0n) is 12.0. The fourth-order valence-electron chi connectivity index (χ4n) is 2.56. The molecule has 0 unspecified atom stereocenters. The molecule has 114 valence electrons. The van der Waals surface area contributed by atoms with E-state index in [-0.39, 0.29) is 16.8 Å². The summed E-state index contributed by atoms with van der Waals surface area (Å²) in [5.41, 5.74) is 1.45. The van der Waals surface area contributed by atoms with Gasteiger partial charge in [-0.3, -0.25) is 4.79 Å². The Morgan fingerprint density at radius 2 is 1.73 bits per heavy atom. The van der Waals surface area contributed by atoms with Gasteiger partial charge in [0.05, 0.1) is 10.9 Å². The SMILES string of the molecule is C[C@H](NC(=O)[C@@H]1NS(=O)(=O)c2ccccc21)c1ccccc1. The highest BCUT2D eigenvalue weighted by Gasteiger charge is 2.38. The normalized spacial score (nSPS) is 20.1. The molecule has 0 saturated carbocycles. The van der Waals surface area contributed by atoms with Gasteiger partial charge in [-0.05, 0) is 24.1 Å². The third-order valence-corrected chi connectivity index (χ3v) is 5.21. The van der Waals surface area contributed by atoms with Crippen molar-refractivity contribution in [2.75, 3.05) is 0 Å². The van der Waals surface area contributed by atoms with Crippen molar-refractivity contribution in [1.82, 2.24) is 10.0 Å². The number of carbonyl (C=O) groups is 1. The average molecular weight is 316 g/mol. The van der Waals surface area contributed by atoms with E-state index in [1.807, 2.05) is 37.3 Å². The molecule has 0 radical (unpaired) electrons. The van der Waals surface area contributed by atoms with E-state index in [0.29, 0.717) is 5.56 Å². The number of fused-ring (bicyclic) bond motifs is 1. The van der Waals surface area contributed by atoms with Gasteiger partial charge in [0.1, 0.15) is 6.04 Å². The number of carbonyl (C=O) groups excluding carboxylic acids is 1. The Bertz CT molecular complexity index is 803. The highest BCUT2D eigenvalue weighted by Crippen LogP contribution is 2.31. The van der Waals surface area contributed by atoms with E-state index in [0.717, 1.165) is 5.56 Å². The van der Waals surface area contributed by atoms with Crippen LogP contribution in [0.4, 0.5) is 0 Å². The van der Waals surface area contributed by atoms with Crippen molar-refractivity contribution in [3.8, 4) is 0 Å². The maximum atomic E-state index is 12.4. The van der Waals surface area contributed by atoms with Gasteiger partial charge in [0.2, 0.25) is 15.9 Å². The first kappa shape index (κ1) is 14.7. The van der Waals surface area contributed by atoms with Gasteiger partial charge in [-0.15, -0.1) is 0 Å². The third kappa shape index (κ3) is 2.63. The molecule has 6 heteroatoms. The van der Waals surface area contributed by atoms with Crippen LogP contribution in [0.2, 0.25) is 0 Å². The standard InChI is InChI=1S/C16H16N2O3S/c1-11(12-7-3-2-4-8-12)17-16(19)15-13-9-5-6-10-14(13)22(20,21)18-15/h2-11,15,18H,1H3,(H,17,19)/t11-,15+/m0/s1. The number of amides is 1. The van der Waals surface area contributed by atoms with E-state index >= 15 is 0 Å². The van der Waals surface area contributed by atoms with Crippen LogP contribution < -0.4 is 10.0 Å². The second-order valence-electron chi connectivity index (χ2n) is 5.23. The summed E-state index contributed by atoms with van der Waals surface area (Å²) in [6.07, 6.45) is 0. The Morgan fingerprint density at radius 1 is 1.09 bits per heavy atom. The molecule has 2 N–H and O–H groups in total. The Labute approximate surface area is 129 Å². The van der Waals surface area contributed by atoms with Crippen molar-refractivity contribution < 1.29 is 13.2 Å².